The van der Waals surface area contributed by atoms with Gasteiger partial charge in [-0.2, -0.15) is 0 Å². The summed E-state index contributed by atoms with van der Waals surface area (Å²) in [5, 5.41) is 3.02. The van der Waals surface area contributed by atoms with Crippen LogP contribution in [0.5, 0.6) is 11.5 Å². The van der Waals surface area contributed by atoms with Crippen molar-refractivity contribution in [2.75, 3.05) is 38.3 Å². The van der Waals surface area contributed by atoms with Crippen LogP contribution >= 0.6 is 0 Å². The molecule has 0 saturated carbocycles. The Hall–Kier alpha value is -2.58. The first-order valence-corrected chi connectivity index (χ1v) is 13.2. The van der Waals surface area contributed by atoms with Crippen molar-refractivity contribution >= 4 is 15.7 Å². The number of sulfone groups is 1. The number of nitrogens with zero attached hydrogens (tertiary/aromatic N) is 1. The molecule has 33 heavy (non-hydrogen) atoms. The van der Waals surface area contributed by atoms with Gasteiger partial charge in [-0.3, -0.25) is 9.69 Å². The molecule has 1 N–H and O–H groups in total. The van der Waals surface area contributed by atoms with Crippen LogP contribution in [0.4, 0.5) is 0 Å². The van der Waals surface area contributed by atoms with E-state index < -0.39 is 15.9 Å². The van der Waals surface area contributed by atoms with E-state index >= 15 is 0 Å². The molecule has 0 aromatic heterocycles. The van der Waals surface area contributed by atoms with Crippen LogP contribution in [-0.4, -0.2) is 57.5 Å². The SMILES string of the molecule is COc1cc(CNC(=O)C(c2ccccc2)N2CCS(=O)(=O)CC2)ccc1OCCC(C)C. The molecule has 1 heterocycles. The lowest BCUT2D eigenvalue weighted by Crippen LogP contribution is -2.47. The minimum absolute atomic E-state index is 0.0685. The average molecular weight is 475 g/mol. The number of benzene rings is 2. The second kappa shape index (κ2) is 11.5. The van der Waals surface area contributed by atoms with E-state index in [2.05, 4.69) is 19.2 Å². The molecule has 0 radical (unpaired) electrons. The third kappa shape index (κ3) is 7.20. The number of rotatable bonds is 10. The molecule has 7 nitrogen and oxygen atoms in total. The van der Waals surface area contributed by atoms with Gasteiger partial charge < -0.3 is 14.8 Å². The Kier molecular flexibility index (Phi) is 8.74. The van der Waals surface area contributed by atoms with Crippen molar-refractivity contribution in [3.8, 4) is 11.5 Å². The number of methoxy groups -OCH3 is 1. The fraction of sp³-hybridized carbons (Fsp3) is 0.480. The summed E-state index contributed by atoms with van der Waals surface area (Å²) in [7, 11) is -1.43. The van der Waals surface area contributed by atoms with Crippen LogP contribution in [0.3, 0.4) is 0 Å². The first-order chi connectivity index (χ1) is 15.8. The Bertz CT molecular complexity index is 1010. The molecule has 1 unspecified atom stereocenters. The van der Waals surface area contributed by atoms with Gasteiger partial charge in [0.05, 0.1) is 25.2 Å². The molecular weight excluding hydrogens is 440 g/mol. The van der Waals surface area contributed by atoms with Gasteiger partial charge in [-0.25, -0.2) is 8.42 Å². The molecule has 2 aromatic rings. The van der Waals surface area contributed by atoms with Crippen LogP contribution < -0.4 is 14.8 Å². The summed E-state index contributed by atoms with van der Waals surface area (Å²) < 4.78 is 35.1. The first-order valence-electron chi connectivity index (χ1n) is 11.4. The molecule has 1 amide bonds. The summed E-state index contributed by atoms with van der Waals surface area (Å²) >= 11 is 0. The van der Waals surface area contributed by atoms with E-state index in [-0.39, 0.29) is 17.4 Å². The maximum atomic E-state index is 13.2. The summed E-state index contributed by atoms with van der Waals surface area (Å²) in [6.07, 6.45) is 0.958. The molecule has 2 aromatic carbocycles. The molecule has 8 heteroatoms. The van der Waals surface area contributed by atoms with Gasteiger partial charge in [-0.05, 0) is 35.6 Å². The van der Waals surface area contributed by atoms with Gasteiger partial charge >= 0.3 is 0 Å². The molecule has 1 fully saturated rings. The van der Waals surface area contributed by atoms with Crippen LogP contribution in [-0.2, 0) is 21.2 Å². The van der Waals surface area contributed by atoms with E-state index in [0.29, 0.717) is 43.7 Å². The van der Waals surface area contributed by atoms with Crippen molar-refractivity contribution in [3.05, 3.63) is 59.7 Å². The van der Waals surface area contributed by atoms with Gasteiger partial charge in [0.25, 0.3) is 0 Å². The number of amides is 1. The van der Waals surface area contributed by atoms with E-state index in [1.165, 1.54) is 0 Å². The van der Waals surface area contributed by atoms with Crippen LogP contribution in [0.25, 0.3) is 0 Å². The van der Waals surface area contributed by atoms with Crippen molar-refractivity contribution in [3.63, 3.8) is 0 Å². The molecule has 0 bridgehead atoms. The number of carbonyl (C=O) groups is 1. The first kappa shape index (κ1) is 25.1. The second-order valence-electron chi connectivity index (χ2n) is 8.74. The number of hydrogen-bond acceptors (Lipinski definition) is 6. The number of hydrogen-bond donors (Lipinski definition) is 1. The maximum Gasteiger partial charge on any atom is 0.242 e. The predicted octanol–water partition coefficient (Wildman–Crippen LogP) is 3.21. The molecule has 1 aliphatic heterocycles. The van der Waals surface area contributed by atoms with Crippen molar-refractivity contribution in [2.24, 2.45) is 5.92 Å². The zero-order valence-electron chi connectivity index (χ0n) is 19.6. The predicted molar refractivity (Wildman–Crippen MR) is 129 cm³/mol. The Morgan fingerprint density at radius 2 is 1.76 bits per heavy atom. The van der Waals surface area contributed by atoms with Crippen molar-refractivity contribution in [1.82, 2.24) is 10.2 Å². The summed E-state index contributed by atoms with van der Waals surface area (Å²) in [6, 6.07) is 14.6. The molecule has 0 spiro atoms. The fourth-order valence-electron chi connectivity index (χ4n) is 3.78. The van der Waals surface area contributed by atoms with Crippen molar-refractivity contribution in [1.29, 1.82) is 0 Å². The Balaban J connectivity index is 1.68. The van der Waals surface area contributed by atoms with E-state index in [9.17, 15) is 13.2 Å². The van der Waals surface area contributed by atoms with Crippen LogP contribution in [0.2, 0.25) is 0 Å². The summed E-state index contributed by atoms with van der Waals surface area (Å²) in [5.41, 5.74) is 1.74. The zero-order chi connectivity index (χ0) is 23.8. The molecule has 0 aliphatic carbocycles. The van der Waals surface area contributed by atoms with Gasteiger partial charge in [-0.1, -0.05) is 50.2 Å². The molecule has 1 aliphatic rings. The summed E-state index contributed by atoms with van der Waals surface area (Å²) in [4.78, 5) is 15.2. The Morgan fingerprint density at radius 3 is 2.39 bits per heavy atom. The van der Waals surface area contributed by atoms with Gasteiger partial charge in [0.2, 0.25) is 5.91 Å². The van der Waals surface area contributed by atoms with Crippen LogP contribution in [0.15, 0.2) is 48.5 Å². The third-order valence-electron chi connectivity index (χ3n) is 5.76. The minimum Gasteiger partial charge on any atom is -0.493 e. The van der Waals surface area contributed by atoms with E-state index in [0.717, 1.165) is 17.5 Å². The van der Waals surface area contributed by atoms with Crippen LogP contribution in [0, 0.1) is 5.92 Å². The fourth-order valence-corrected chi connectivity index (χ4v) is 5.01. The number of ether oxygens (including phenoxy) is 2. The lowest BCUT2D eigenvalue weighted by Gasteiger charge is -2.33. The summed E-state index contributed by atoms with van der Waals surface area (Å²) in [5.74, 6) is 1.86. The monoisotopic (exact) mass is 474 g/mol. The van der Waals surface area contributed by atoms with E-state index in [1.54, 1.807) is 7.11 Å². The smallest absolute Gasteiger partial charge is 0.242 e. The van der Waals surface area contributed by atoms with Gasteiger partial charge in [-0.15, -0.1) is 0 Å². The van der Waals surface area contributed by atoms with Gasteiger partial charge in [0.15, 0.2) is 21.3 Å². The molecule has 180 valence electrons. The highest BCUT2D eigenvalue weighted by Gasteiger charge is 2.32. The minimum atomic E-state index is -3.03. The van der Waals surface area contributed by atoms with Crippen LogP contribution in [0.1, 0.15) is 37.4 Å². The zero-order valence-corrected chi connectivity index (χ0v) is 20.4. The van der Waals surface area contributed by atoms with Crippen molar-refractivity contribution in [2.45, 2.75) is 32.9 Å². The van der Waals surface area contributed by atoms with Gasteiger partial charge in [0.1, 0.15) is 6.04 Å². The molecule has 1 saturated heterocycles. The topological polar surface area (TPSA) is 84.9 Å². The molecule has 1 atom stereocenters. The Labute approximate surface area is 197 Å². The largest absolute Gasteiger partial charge is 0.493 e. The average Bonchev–Trinajstić information content (AvgIpc) is 2.80. The quantitative estimate of drug-likeness (QED) is 0.569. The number of nitrogens with one attached hydrogen (secondary N) is 1. The lowest BCUT2D eigenvalue weighted by atomic mass is 10.0. The highest BCUT2D eigenvalue weighted by molar-refractivity contribution is 7.91. The Morgan fingerprint density at radius 1 is 1.06 bits per heavy atom. The third-order valence-corrected chi connectivity index (χ3v) is 7.36. The maximum absolute atomic E-state index is 13.2. The highest BCUT2D eigenvalue weighted by atomic mass is 32.2. The standard InChI is InChI=1S/C25H34N2O5S/c1-19(2)11-14-32-22-10-9-20(17-23(22)31-3)18-26-25(28)24(21-7-5-4-6-8-21)27-12-15-33(29,30)16-13-27/h4-10,17,19,24H,11-16,18H2,1-3H3,(H,26,28). The summed E-state index contributed by atoms with van der Waals surface area (Å²) in [6.45, 7) is 5.93. The van der Waals surface area contributed by atoms with Gasteiger partial charge in [0, 0.05) is 19.6 Å². The molecule has 3 rings (SSSR count). The normalized spacial score (nSPS) is 16.8. The van der Waals surface area contributed by atoms with E-state index in [1.807, 2.05) is 53.4 Å². The van der Waals surface area contributed by atoms with E-state index in [4.69, 9.17) is 9.47 Å². The molecular formula is C25H34N2O5S. The second-order valence-corrected chi connectivity index (χ2v) is 11.0. The number of carbonyl (C=O) groups excluding carboxylic acids is 1. The van der Waals surface area contributed by atoms with Crippen molar-refractivity contribution < 1.29 is 22.7 Å². The highest BCUT2D eigenvalue weighted by Crippen LogP contribution is 2.29. The lowest BCUT2D eigenvalue weighted by molar-refractivity contribution is -0.126.